The topological polar surface area (TPSA) is 87.4 Å². The Labute approximate surface area is 153 Å². The fourth-order valence-electron chi connectivity index (χ4n) is 3.20. The minimum absolute atomic E-state index is 0.0391. The number of alkyl halides is 2. The summed E-state index contributed by atoms with van der Waals surface area (Å²) in [6.07, 6.45) is -3.49. The minimum Gasteiger partial charge on any atom is -0.457 e. The number of aliphatic hydroxyl groups excluding tert-OH is 1. The quantitative estimate of drug-likeness (QED) is 0.855. The second kappa shape index (κ2) is 6.87. The first kappa shape index (κ1) is 19.2. The number of sulfone groups is 1. The van der Waals surface area contributed by atoms with Crippen LogP contribution in [0.4, 0.5) is 13.2 Å². The molecule has 0 bridgehead atoms. The van der Waals surface area contributed by atoms with Gasteiger partial charge in [0.15, 0.2) is 16.0 Å². The van der Waals surface area contributed by atoms with Gasteiger partial charge >= 0.3 is 0 Å². The van der Waals surface area contributed by atoms with E-state index in [0.29, 0.717) is 0 Å². The summed E-state index contributed by atoms with van der Waals surface area (Å²) in [5.41, 5.74) is -0.565. The molecule has 1 aliphatic carbocycles. The van der Waals surface area contributed by atoms with Crippen LogP contribution in [0.2, 0.25) is 0 Å². The van der Waals surface area contributed by atoms with Crippen molar-refractivity contribution in [2.45, 2.75) is 23.2 Å². The van der Waals surface area contributed by atoms with E-state index < -0.39 is 40.5 Å². The van der Waals surface area contributed by atoms with Crippen LogP contribution in [-0.2, 0) is 9.84 Å². The summed E-state index contributed by atoms with van der Waals surface area (Å²) >= 11 is 0. The Kier molecular flexibility index (Phi) is 4.88. The number of rotatable bonds is 4. The lowest BCUT2D eigenvalue weighted by molar-refractivity contribution is 0.128. The Bertz CT molecular complexity index is 1050. The van der Waals surface area contributed by atoms with Crippen molar-refractivity contribution in [2.24, 2.45) is 0 Å². The number of ether oxygens (including phenoxy) is 1. The number of hydrogen-bond acceptors (Lipinski definition) is 5. The molecule has 0 saturated heterocycles. The molecule has 3 atom stereocenters. The molecule has 2 aromatic carbocycles. The fourth-order valence-corrected chi connectivity index (χ4v) is 4.18. The van der Waals surface area contributed by atoms with Crippen LogP contribution in [0.5, 0.6) is 11.5 Å². The van der Waals surface area contributed by atoms with E-state index in [1.807, 2.05) is 0 Å². The molecule has 3 rings (SSSR count). The average Bonchev–Trinajstić information content (AvgIpc) is 2.85. The van der Waals surface area contributed by atoms with Gasteiger partial charge in [0, 0.05) is 23.8 Å². The number of nitriles is 1. The third kappa shape index (κ3) is 3.38. The fraction of sp³-hybridized carbons (Fsp3) is 0.278. The number of benzene rings is 2. The summed E-state index contributed by atoms with van der Waals surface area (Å²) < 4.78 is 72.0. The van der Waals surface area contributed by atoms with Crippen LogP contribution < -0.4 is 4.74 Å². The van der Waals surface area contributed by atoms with Gasteiger partial charge in [0.1, 0.15) is 23.5 Å². The molecule has 1 N–H and O–H groups in total. The summed E-state index contributed by atoms with van der Waals surface area (Å²) in [7, 11) is -3.83. The molecule has 0 aromatic heterocycles. The highest BCUT2D eigenvalue weighted by molar-refractivity contribution is 7.90. The molecule has 0 fully saturated rings. The third-order valence-corrected chi connectivity index (χ3v) is 5.50. The van der Waals surface area contributed by atoms with Crippen molar-refractivity contribution in [3.05, 3.63) is 52.8 Å². The summed E-state index contributed by atoms with van der Waals surface area (Å²) in [4.78, 5) is -0.302. The van der Waals surface area contributed by atoms with Gasteiger partial charge in [-0.25, -0.2) is 21.6 Å². The van der Waals surface area contributed by atoms with Gasteiger partial charge in [-0.1, -0.05) is 0 Å². The van der Waals surface area contributed by atoms with E-state index in [1.54, 1.807) is 6.07 Å². The maximum absolute atomic E-state index is 14.6. The molecule has 0 heterocycles. The summed E-state index contributed by atoms with van der Waals surface area (Å²) in [5.74, 6) is -2.47. The van der Waals surface area contributed by atoms with E-state index in [0.717, 1.165) is 30.5 Å². The lowest BCUT2D eigenvalue weighted by Gasteiger charge is -2.16. The molecule has 0 amide bonds. The molecule has 3 unspecified atom stereocenters. The predicted molar refractivity (Wildman–Crippen MR) is 89.3 cm³/mol. The molecule has 0 aliphatic heterocycles. The molecular weight excluding hydrogens is 383 g/mol. The lowest BCUT2D eigenvalue weighted by atomic mass is 10.0. The van der Waals surface area contributed by atoms with E-state index in [-0.39, 0.29) is 33.1 Å². The molecule has 27 heavy (non-hydrogen) atoms. The summed E-state index contributed by atoms with van der Waals surface area (Å²) in [6, 6.07) is 7.15. The van der Waals surface area contributed by atoms with Crippen molar-refractivity contribution < 1.29 is 31.4 Å². The van der Waals surface area contributed by atoms with Crippen LogP contribution in [0, 0.1) is 17.1 Å². The smallest absolute Gasteiger partial charge is 0.175 e. The number of aliphatic hydroxyl groups is 1. The minimum atomic E-state index is -3.83. The largest absolute Gasteiger partial charge is 0.457 e. The Morgan fingerprint density at radius 2 is 1.93 bits per heavy atom. The molecule has 1 aliphatic rings. The van der Waals surface area contributed by atoms with Crippen LogP contribution in [0.25, 0.3) is 0 Å². The van der Waals surface area contributed by atoms with Gasteiger partial charge in [0.05, 0.1) is 23.1 Å². The molecule has 0 radical (unpaired) electrons. The van der Waals surface area contributed by atoms with E-state index >= 15 is 0 Å². The van der Waals surface area contributed by atoms with E-state index in [9.17, 15) is 26.7 Å². The van der Waals surface area contributed by atoms with Gasteiger partial charge in [-0.05, 0) is 29.8 Å². The Morgan fingerprint density at radius 1 is 1.22 bits per heavy atom. The van der Waals surface area contributed by atoms with E-state index in [2.05, 4.69) is 0 Å². The Morgan fingerprint density at radius 3 is 2.52 bits per heavy atom. The maximum atomic E-state index is 14.6. The number of halogens is 3. The molecular formula is C18H14F3NO4S. The van der Waals surface area contributed by atoms with Crippen molar-refractivity contribution >= 4 is 9.84 Å². The predicted octanol–water partition coefficient (Wildman–Crippen LogP) is 3.33. The molecule has 0 saturated carbocycles. The normalized spacial score (nSPS) is 21.6. The highest BCUT2D eigenvalue weighted by atomic mass is 32.2. The summed E-state index contributed by atoms with van der Waals surface area (Å²) in [5, 5.41) is 18.3. The van der Waals surface area contributed by atoms with Crippen LogP contribution >= 0.6 is 0 Å². The highest BCUT2D eigenvalue weighted by Gasteiger charge is 2.46. The van der Waals surface area contributed by atoms with Gasteiger partial charge in [-0.3, -0.25) is 0 Å². The molecule has 2 aromatic rings. The van der Waals surface area contributed by atoms with Gasteiger partial charge < -0.3 is 9.84 Å². The average molecular weight is 397 g/mol. The van der Waals surface area contributed by atoms with Gasteiger partial charge in [-0.2, -0.15) is 5.26 Å². The second-order valence-corrected chi connectivity index (χ2v) is 8.17. The zero-order valence-corrected chi connectivity index (χ0v) is 14.8. The van der Waals surface area contributed by atoms with Crippen molar-refractivity contribution in [2.75, 3.05) is 12.9 Å². The molecule has 142 valence electrons. The lowest BCUT2D eigenvalue weighted by Crippen LogP contribution is -2.15. The van der Waals surface area contributed by atoms with Crippen LogP contribution in [0.3, 0.4) is 0 Å². The zero-order valence-electron chi connectivity index (χ0n) is 14.0. The first-order valence-electron chi connectivity index (χ1n) is 7.81. The van der Waals surface area contributed by atoms with Crippen molar-refractivity contribution in [3.8, 4) is 17.6 Å². The second-order valence-electron chi connectivity index (χ2n) is 6.19. The van der Waals surface area contributed by atoms with Gasteiger partial charge in [0.2, 0.25) is 0 Å². The molecule has 5 nitrogen and oxygen atoms in total. The van der Waals surface area contributed by atoms with Crippen molar-refractivity contribution in [3.63, 3.8) is 0 Å². The maximum Gasteiger partial charge on any atom is 0.175 e. The van der Waals surface area contributed by atoms with Gasteiger partial charge in [-0.15, -0.1) is 0 Å². The third-order valence-electron chi connectivity index (χ3n) is 4.34. The van der Waals surface area contributed by atoms with Crippen LogP contribution in [-0.4, -0.2) is 32.6 Å². The van der Waals surface area contributed by atoms with Crippen molar-refractivity contribution in [1.29, 1.82) is 5.26 Å². The van der Waals surface area contributed by atoms with E-state index in [1.165, 1.54) is 6.07 Å². The van der Waals surface area contributed by atoms with Gasteiger partial charge in [0.25, 0.3) is 0 Å². The van der Waals surface area contributed by atoms with Crippen molar-refractivity contribution in [1.82, 2.24) is 0 Å². The zero-order chi connectivity index (χ0) is 19.9. The highest BCUT2D eigenvalue weighted by Crippen LogP contribution is 2.51. The monoisotopic (exact) mass is 397 g/mol. The van der Waals surface area contributed by atoms with E-state index in [4.69, 9.17) is 10.00 Å². The Balaban J connectivity index is 2.19. The number of fused-ring (bicyclic) bond motifs is 1. The van der Waals surface area contributed by atoms with Crippen LogP contribution in [0.1, 0.15) is 28.8 Å². The number of nitrogens with zero attached hydrogens (tertiary/aromatic N) is 1. The Hall–Kier alpha value is -2.57. The first-order valence-corrected chi connectivity index (χ1v) is 9.71. The number of hydrogen-bond donors (Lipinski definition) is 1. The molecule has 0 spiro atoms. The van der Waals surface area contributed by atoms with Crippen LogP contribution in [0.15, 0.2) is 35.2 Å². The molecule has 9 heteroatoms. The SMILES string of the molecule is CS(=O)(=O)c1ccc(Oc2cc(F)cc(C#N)c2)c2c1C(CO)C(F)C2F. The summed E-state index contributed by atoms with van der Waals surface area (Å²) in [6.45, 7) is -0.793. The first-order chi connectivity index (χ1) is 12.7. The standard InChI is InChI=1S/C18H14F3NO4S/c1-27(24,25)14-3-2-13(16-15(14)12(8-23)17(20)18(16)21)26-11-5-9(7-22)4-10(19)6-11/h2-6,12,17-18,23H,8H2,1H3.